The van der Waals surface area contributed by atoms with E-state index in [-0.39, 0.29) is 13.0 Å². The Hall–Kier alpha value is -0.220. The number of piperidine rings is 1. The number of nitrogens with zero attached hydrogens (tertiary/aromatic N) is 1. The van der Waals surface area contributed by atoms with E-state index in [1.165, 1.54) is 7.11 Å². The van der Waals surface area contributed by atoms with Crippen LogP contribution >= 0.6 is 0 Å². The summed E-state index contributed by atoms with van der Waals surface area (Å²) in [5.41, 5.74) is -1.03. The number of alkyl halides is 2. The Bertz CT molecular complexity index is 186. The molecule has 4 heteroatoms. The zero-order valence-corrected chi connectivity index (χ0v) is 8.44. The lowest BCUT2D eigenvalue weighted by Crippen LogP contribution is -2.55. The molecule has 1 aliphatic heterocycles. The molecular weight excluding hydrogens is 176 g/mol. The molecule has 1 aliphatic rings. The highest BCUT2D eigenvalue weighted by Gasteiger charge is 2.52. The van der Waals surface area contributed by atoms with Crippen molar-refractivity contribution >= 4 is 0 Å². The second kappa shape index (κ2) is 3.50. The van der Waals surface area contributed by atoms with Crippen LogP contribution in [0.5, 0.6) is 0 Å². The second-order valence-corrected chi connectivity index (χ2v) is 4.19. The van der Waals surface area contributed by atoms with E-state index in [0.29, 0.717) is 13.1 Å². The van der Waals surface area contributed by atoms with Gasteiger partial charge in [0, 0.05) is 26.6 Å². The molecule has 1 rings (SSSR count). The highest BCUT2D eigenvalue weighted by molar-refractivity contribution is 4.95. The molecule has 0 saturated carbocycles. The van der Waals surface area contributed by atoms with E-state index in [9.17, 15) is 8.78 Å². The quantitative estimate of drug-likeness (QED) is 0.660. The summed E-state index contributed by atoms with van der Waals surface area (Å²) in [7, 11) is 3.33. The first-order valence-corrected chi connectivity index (χ1v) is 4.47. The topological polar surface area (TPSA) is 12.5 Å². The van der Waals surface area contributed by atoms with E-state index in [0.717, 1.165) is 0 Å². The van der Waals surface area contributed by atoms with Crippen molar-refractivity contribution in [2.75, 3.05) is 33.9 Å². The molecule has 0 aliphatic carbocycles. The van der Waals surface area contributed by atoms with Crippen molar-refractivity contribution in [3.8, 4) is 0 Å². The largest absolute Gasteiger partial charge is 0.384 e. The average molecular weight is 193 g/mol. The molecule has 0 aromatic carbocycles. The van der Waals surface area contributed by atoms with Gasteiger partial charge < -0.3 is 9.64 Å². The van der Waals surface area contributed by atoms with Gasteiger partial charge >= 0.3 is 0 Å². The Morgan fingerprint density at radius 1 is 1.46 bits per heavy atom. The van der Waals surface area contributed by atoms with E-state index in [2.05, 4.69) is 0 Å². The maximum atomic E-state index is 13.5. The predicted octanol–water partition coefficient (Wildman–Crippen LogP) is 1.61. The molecule has 0 spiro atoms. The normalized spacial score (nSPS) is 34.8. The predicted molar refractivity (Wildman–Crippen MR) is 47.0 cm³/mol. The summed E-state index contributed by atoms with van der Waals surface area (Å²) >= 11 is 0. The first-order chi connectivity index (χ1) is 5.91. The molecule has 13 heavy (non-hydrogen) atoms. The van der Waals surface area contributed by atoms with Gasteiger partial charge in [0.2, 0.25) is 0 Å². The minimum Gasteiger partial charge on any atom is -0.384 e. The SMILES string of the molecule is COCC1(C)CN(C)CCC1(F)F. The molecule has 1 saturated heterocycles. The van der Waals surface area contributed by atoms with E-state index in [1.54, 1.807) is 6.92 Å². The van der Waals surface area contributed by atoms with Gasteiger partial charge in [-0.25, -0.2) is 8.78 Å². The van der Waals surface area contributed by atoms with Gasteiger partial charge in [-0.05, 0) is 7.05 Å². The first-order valence-electron chi connectivity index (χ1n) is 4.47. The van der Waals surface area contributed by atoms with Gasteiger partial charge in [-0.2, -0.15) is 0 Å². The smallest absolute Gasteiger partial charge is 0.258 e. The summed E-state index contributed by atoms with van der Waals surface area (Å²) < 4.78 is 31.9. The van der Waals surface area contributed by atoms with Gasteiger partial charge in [0.15, 0.2) is 0 Å². The maximum absolute atomic E-state index is 13.5. The van der Waals surface area contributed by atoms with Crippen LogP contribution in [-0.2, 0) is 4.74 Å². The Morgan fingerprint density at radius 3 is 2.62 bits per heavy atom. The first kappa shape index (κ1) is 10.9. The third-order valence-corrected chi connectivity index (χ3v) is 2.77. The number of ether oxygens (including phenoxy) is 1. The highest BCUT2D eigenvalue weighted by Crippen LogP contribution is 2.42. The fourth-order valence-corrected chi connectivity index (χ4v) is 1.89. The van der Waals surface area contributed by atoms with Crippen LogP contribution in [0.15, 0.2) is 0 Å². The maximum Gasteiger partial charge on any atom is 0.258 e. The van der Waals surface area contributed by atoms with Crippen molar-refractivity contribution in [2.24, 2.45) is 5.41 Å². The fourth-order valence-electron chi connectivity index (χ4n) is 1.89. The van der Waals surface area contributed by atoms with Crippen molar-refractivity contribution in [1.29, 1.82) is 0 Å². The van der Waals surface area contributed by atoms with Gasteiger partial charge in [0.25, 0.3) is 5.92 Å². The van der Waals surface area contributed by atoms with Crippen molar-refractivity contribution in [3.05, 3.63) is 0 Å². The third-order valence-electron chi connectivity index (χ3n) is 2.77. The number of likely N-dealkylation sites (tertiary alicyclic amines) is 1. The van der Waals surface area contributed by atoms with Crippen LogP contribution in [0.25, 0.3) is 0 Å². The second-order valence-electron chi connectivity index (χ2n) is 4.19. The number of rotatable bonds is 2. The molecule has 1 fully saturated rings. The van der Waals surface area contributed by atoms with Crippen molar-refractivity contribution in [1.82, 2.24) is 4.90 Å². The lowest BCUT2D eigenvalue weighted by molar-refractivity contribution is -0.176. The zero-order chi connectivity index (χ0) is 10.1. The number of hydrogen-bond acceptors (Lipinski definition) is 2. The molecule has 0 N–H and O–H groups in total. The fraction of sp³-hybridized carbons (Fsp3) is 1.00. The number of methoxy groups -OCH3 is 1. The Labute approximate surface area is 77.9 Å². The van der Waals surface area contributed by atoms with Crippen molar-refractivity contribution < 1.29 is 13.5 Å². The summed E-state index contributed by atoms with van der Waals surface area (Å²) in [6, 6.07) is 0. The minimum atomic E-state index is -2.60. The molecule has 1 heterocycles. The van der Waals surface area contributed by atoms with Crippen LogP contribution < -0.4 is 0 Å². The number of hydrogen-bond donors (Lipinski definition) is 0. The standard InChI is InChI=1S/C9H17F2NO/c1-8(7-13-3)6-12(2)5-4-9(8,10)11/h4-7H2,1-3H3. The van der Waals surface area contributed by atoms with Gasteiger partial charge in [0.1, 0.15) is 0 Å². The zero-order valence-electron chi connectivity index (χ0n) is 8.44. The van der Waals surface area contributed by atoms with Crippen LogP contribution in [0.3, 0.4) is 0 Å². The van der Waals surface area contributed by atoms with E-state index < -0.39 is 11.3 Å². The van der Waals surface area contributed by atoms with Crippen molar-refractivity contribution in [3.63, 3.8) is 0 Å². The highest BCUT2D eigenvalue weighted by atomic mass is 19.3. The lowest BCUT2D eigenvalue weighted by atomic mass is 9.79. The Morgan fingerprint density at radius 2 is 2.08 bits per heavy atom. The molecule has 0 amide bonds. The summed E-state index contributed by atoms with van der Waals surface area (Å²) in [5, 5.41) is 0. The molecule has 2 nitrogen and oxygen atoms in total. The van der Waals surface area contributed by atoms with Crippen LogP contribution in [0, 0.1) is 5.41 Å². The third kappa shape index (κ3) is 1.99. The van der Waals surface area contributed by atoms with Crippen LogP contribution in [0.2, 0.25) is 0 Å². The Kier molecular flexibility index (Phi) is 2.92. The van der Waals surface area contributed by atoms with Gasteiger partial charge in [0.05, 0.1) is 12.0 Å². The average Bonchev–Trinajstić information content (AvgIpc) is 1.99. The minimum absolute atomic E-state index is 0.0661. The van der Waals surface area contributed by atoms with Crippen LogP contribution in [-0.4, -0.2) is 44.7 Å². The van der Waals surface area contributed by atoms with Crippen molar-refractivity contribution in [2.45, 2.75) is 19.3 Å². The van der Waals surface area contributed by atoms with Crippen LogP contribution in [0.1, 0.15) is 13.3 Å². The van der Waals surface area contributed by atoms with Gasteiger partial charge in [-0.3, -0.25) is 0 Å². The summed E-state index contributed by atoms with van der Waals surface area (Å²) in [6.45, 7) is 2.57. The van der Waals surface area contributed by atoms with Crippen LogP contribution in [0.4, 0.5) is 8.78 Å². The van der Waals surface area contributed by atoms with Gasteiger partial charge in [-0.15, -0.1) is 0 Å². The molecular formula is C9H17F2NO. The Balaban J connectivity index is 2.75. The lowest BCUT2D eigenvalue weighted by Gasteiger charge is -2.44. The van der Waals surface area contributed by atoms with E-state index >= 15 is 0 Å². The molecule has 0 radical (unpaired) electrons. The molecule has 1 unspecified atom stereocenters. The summed E-state index contributed by atoms with van der Waals surface area (Å²) in [4.78, 5) is 1.93. The summed E-state index contributed by atoms with van der Waals surface area (Å²) in [6.07, 6.45) is -0.0661. The monoisotopic (exact) mass is 193 g/mol. The summed E-state index contributed by atoms with van der Waals surface area (Å²) in [5.74, 6) is -2.60. The molecule has 78 valence electrons. The molecule has 0 aromatic heterocycles. The molecule has 0 bridgehead atoms. The van der Waals surface area contributed by atoms with E-state index in [1.807, 2.05) is 11.9 Å². The van der Waals surface area contributed by atoms with Gasteiger partial charge in [-0.1, -0.05) is 6.92 Å². The van der Waals surface area contributed by atoms with E-state index in [4.69, 9.17) is 4.74 Å². The molecule has 1 atom stereocenters. The molecule has 0 aromatic rings. The number of halogens is 2.